The van der Waals surface area contributed by atoms with E-state index < -0.39 is 10.0 Å². The van der Waals surface area contributed by atoms with E-state index >= 15 is 0 Å². The van der Waals surface area contributed by atoms with Crippen LogP contribution >= 0.6 is 11.6 Å². The summed E-state index contributed by atoms with van der Waals surface area (Å²) in [5, 5.41) is 3.34. The number of nitrogens with one attached hydrogen (secondary N) is 1. The summed E-state index contributed by atoms with van der Waals surface area (Å²) in [5.74, 6) is 0.670. The zero-order valence-electron chi connectivity index (χ0n) is 16.1. The molecule has 2 fully saturated rings. The molecule has 4 rings (SSSR count). The summed E-state index contributed by atoms with van der Waals surface area (Å²) in [5.41, 5.74) is 0.745. The van der Waals surface area contributed by atoms with Crippen LogP contribution in [0.5, 0.6) is 0 Å². The Hall–Kier alpha value is -1.60. The Balaban J connectivity index is 1.69. The molecule has 0 unspecified atom stereocenters. The summed E-state index contributed by atoms with van der Waals surface area (Å²) in [6.07, 6.45) is 7.87. The van der Waals surface area contributed by atoms with Crippen LogP contribution in [0.15, 0.2) is 21.4 Å². The van der Waals surface area contributed by atoms with Gasteiger partial charge in [0.05, 0.1) is 16.3 Å². The molecule has 1 saturated carbocycles. The number of carbonyl (C=O) groups is 1. The lowest BCUT2D eigenvalue weighted by molar-refractivity contribution is 0.0910. The van der Waals surface area contributed by atoms with Gasteiger partial charge >= 0.3 is 0 Å². The number of hydrogen-bond acceptors (Lipinski definition) is 4. The fraction of sp³-hybridized carbons (Fsp3) is 0.600. The minimum Gasteiger partial charge on any atom is -0.349 e. The van der Waals surface area contributed by atoms with Gasteiger partial charge in [0.2, 0.25) is 0 Å². The van der Waals surface area contributed by atoms with Crippen LogP contribution in [-0.2, 0) is 10.0 Å². The summed E-state index contributed by atoms with van der Waals surface area (Å²) in [4.78, 5) is 14.9. The Morgan fingerprint density at radius 3 is 2.75 bits per heavy atom. The quantitative estimate of drug-likeness (QED) is 0.775. The molecule has 3 aliphatic rings. The molecule has 1 aromatic carbocycles. The standard InChI is InChI=1S/C20H26ClN3O3S/c1-13-7-4-5-8-16(13)22-20(25)14-11-18-17(12-15(14)21)24-10-6-2-3-9-19(24)23-28(18,26)27/h11-13,16H,2-10H2,1H3,(H,22,25)/t13-,16-/m0/s1. The van der Waals surface area contributed by atoms with Crippen LogP contribution in [0.4, 0.5) is 5.69 Å². The van der Waals surface area contributed by atoms with Crippen molar-refractivity contribution >= 4 is 39.1 Å². The number of rotatable bonds is 2. The average molecular weight is 424 g/mol. The molecule has 1 saturated heterocycles. The SMILES string of the molecule is C[C@H]1CCCC[C@@H]1NC(=O)c1cc2c(cc1Cl)N1CCCCCC1=NS2(=O)=O. The van der Waals surface area contributed by atoms with Crippen molar-refractivity contribution in [3.8, 4) is 0 Å². The minimum atomic E-state index is -3.84. The first kappa shape index (κ1) is 19.7. The highest BCUT2D eigenvalue weighted by Gasteiger charge is 2.34. The zero-order chi connectivity index (χ0) is 19.9. The van der Waals surface area contributed by atoms with Crippen LogP contribution in [0.3, 0.4) is 0 Å². The van der Waals surface area contributed by atoms with Crippen LogP contribution in [-0.4, -0.2) is 32.7 Å². The predicted octanol–water partition coefficient (Wildman–Crippen LogP) is 4.13. The van der Waals surface area contributed by atoms with E-state index in [1.807, 2.05) is 4.90 Å². The Labute approximate surface area is 171 Å². The van der Waals surface area contributed by atoms with E-state index in [1.165, 1.54) is 12.5 Å². The first-order valence-corrected chi connectivity index (χ1v) is 11.9. The number of halogens is 1. The highest BCUT2D eigenvalue weighted by atomic mass is 35.5. The summed E-state index contributed by atoms with van der Waals surface area (Å²) >= 11 is 6.45. The van der Waals surface area contributed by atoms with E-state index in [4.69, 9.17) is 11.6 Å². The molecule has 0 aromatic heterocycles. The van der Waals surface area contributed by atoms with Gasteiger partial charge in [-0.05, 0) is 43.7 Å². The van der Waals surface area contributed by atoms with E-state index in [0.29, 0.717) is 30.4 Å². The molecule has 8 heteroatoms. The van der Waals surface area contributed by atoms with E-state index in [-0.39, 0.29) is 27.4 Å². The molecule has 2 atom stereocenters. The molecule has 6 nitrogen and oxygen atoms in total. The van der Waals surface area contributed by atoms with Crippen molar-refractivity contribution in [2.24, 2.45) is 10.3 Å². The van der Waals surface area contributed by atoms with Crippen molar-refractivity contribution < 1.29 is 13.2 Å². The molecule has 1 aromatic rings. The van der Waals surface area contributed by atoms with Gasteiger partial charge in [0.1, 0.15) is 10.7 Å². The minimum absolute atomic E-state index is 0.0735. The monoisotopic (exact) mass is 423 g/mol. The van der Waals surface area contributed by atoms with Crippen molar-refractivity contribution in [2.45, 2.75) is 69.2 Å². The molecule has 2 heterocycles. The molecule has 0 bridgehead atoms. The van der Waals surface area contributed by atoms with Crippen LogP contribution in [0.2, 0.25) is 5.02 Å². The Kier molecular flexibility index (Phi) is 5.40. The van der Waals surface area contributed by atoms with E-state index in [2.05, 4.69) is 16.6 Å². The number of amidine groups is 1. The van der Waals surface area contributed by atoms with Gasteiger partial charge < -0.3 is 10.2 Å². The second kappa shape index (κ2) is 7.67. The Morgan fingerprint density at radius 1 is 1.18 bits per heavy atom. The highest BCUT2D eigenvalue weighted by Crippen LogP contribution is 2.38. The van der Waals surface area contributed by atoms with Gasteiger partial charge in [0, 0.05) is 19.0 Å². The molecule has 0 radical (unpaired) electrons. The maximum absolute atomic E-state index is 12.9. The number of benzene rings is 1. The van der Waals surface area contributed by atoms with E-state index in [9.17, 15) is 13.2 Å². The van der Waals surface area contributed by atoms with Crippen LogP contribution in [0, 0.1) is 5.92 Å². The number of hydrogen-bond donors (Lipinski definition) is 1. The van der Waals surface area contributed by atoms with Gasteiger partial charge in [-0.15, -0.1) is 4.40 Å². The van der Waals surface area contributed by atoms with Crippen molar-refractivity contribution in [1.82, 2.24) is 5.32 Å². The van der Waals surface area contributed by atoms with Gasteiger partial charge in [0.25, 0.3) is 15.9 Å². The Morgan fingerprint density at radius 2 is 1.96 bits per heavy atom. The second-order valence-electron chi connectivity index (χ2n) is 8.09. The fourth-order valence-corrected chi connectivity index (χ4v) is 5.96. The third-order valence-electron chi connectivity index (χ3n) is 6.11. The summed E-state index contributed by atoms with van der Waals surface area (Å²) in [7, 11) is -3.84. The maximum atomic E-state index is 12.9. The molecule has 1 aliphatic carbocycles. The molecular formula is C20H26ClN3O3S. The third kappa shape index (κ3) is 3.66. The first-order chi connectivity index (χ1) is 13.4. The van der Waals surface area contributed by atoms with Crippen LogP contribution in [0.25, 0.3) is 0 Å². The van der Waals surface area contributed by atoms with Crippen molar-refractivity contribution in [2.75, 3.05) is 11.4 Å². The van der Waals surface area contributed by atoms with Gasteiger partial charge in [-0.3, -0.25) is 4.79 Å². The number of amides is 1. The fourth-order valence-electron chi connectivity index (χ4n) is 4.45. The first-order valence-electron chi connectivity index (χ1n) is 10.1. The number of anilines is 1. The molecule has 0 spiro atoms. The third-order valence-corrected chi connectivity index (χ3v) is 7.76. The van der Waals surface area contributed by atoms with E-state index in [0.717, 1.165) is 38.5 Å². The number of carbonyl (C=O) groups excluding carboxylic acids is 1. The highest BCUT2D eigenvalue weighted by molar-refractivity contribution is 7.90. The smallest absolute Gasteiger partial charge is 0.286 e. The van der Waals surface area contributed by atoms with Gasteiger partial charge in [-0.2, -0.15) is 8.42 Å². The summed E-state index contributed by atoms with van der Waals surface area (Å²) in [6, 6.07) is 3.12. The topological polar surface area (TPSA) is 78.8 Å². The lowest BCUT2D eigenvalue weighted by Crippen LogP contribution is -2.41. The largest absolute Gasteiger partial charge is 0.349 e. The molecule has 28 heavy (non-hydrogen) atoms. The van der Waals surface area contributed by atoms with Crippen LogP contribution in [0.1, 0.15) is 68.6 Å². The maximum Gasteiger partial charge on any atom is 0.286 e. The van der Waals surface area contributed by atoms with Gasteiger partial charge in [-0.25, -0.2) is 0 Å². The number of fused-ring (bicyclic) bond motifs is 3. The summed E-state index contributed by atoms with van der Waals surface area (Å²) < 4.78 is 29.6. The summed E-state index contributed by atoms with van der Waals surface area (Å²) in [6.45, 7) is 2.85. The average Bonchev–Trinajstić information content (AvgIpc) is 2.88. The van der Waals surface area contributed by atoms with Gasteiger partial charge in [0.15, 0.2) is 0 Å². The van der Waals surface area contributed by atoms with Crippen molar-refractivity contribution in [3.63, 3.8) is 0 Å². The normalized spacial score (nSPS) is 26.5. The molecule has 152 valence electrons. The molecule has 1 N–H and O–H groups in total. The molecule has 2 aliphatic heterocycles. The van der Waals surface area contributed by atoms with E-state index in [1.54, 1.807) is 6.07 Å². The number of sulfonamides is 1. The lowest BCUT2D eigenvalue weighted by Gasteiger charge is -2.31. The van der Waals surface area contributed by atoms with Crippen molar-refractivity contribution in [3.05, 3.63) is 22.7 Å². The zero-order valence-corrected chi connectivity index (χ0v) is 17.7. The van der Waals surface area contributed by atoms with Crippen LogP contribution < -0.4 is 10.2 Å². The van der Waals surface area contributed by atoms with Crippen molar-refractivity contribution in [1.29, 1.82) is 0 Å². The van der Waals surface area contributed by atoms with Gasteiger partial charge in [-0.1, -0.05) is 37.8 Å². The second-order valence-corrected chi connectivity index (χ2v) is 10.1. The number of nitrogens with zero attached hydrogens (tertiary/aromatic N) is 2. The molecule has 1 amide bonds. The predicted molar refractivity (Wildman–Crippen MR) is 111 cm³/mol. The molecular weight excluding hydrogens is 398 g/mol. The lowest BCUT2D eigenvalue weighted by atomic mass is 9.86. The Bertz CT molecular complexity index is 929.